The Balaban J connectivity index is 2.26. The van der Waals surface area contributed by atoms with Gasteiger partial charge in [0.05, 0.1) is 10.7 Å². The van der Waals surface area contributed by atoms with Crippen LogP contribution in [-0.4, -0.2) is 10.9 Å². The Bertz CT molecular complexity index is 653. The van der Waals surface area contributed by atoms with Crippen molar-refractivity contribution in [3.05, 3.63) is 62.5 Å². The SMILES string of the molecule is O=C(Nc1cc(Cl)ccc1Cl)c1cc[nH]c(=O)c1. The summed E-state index contributed by atoms with van der Waals surface area (Å²) in [6.07, 6.45) is 1.40. The number of hydrogen-bond donors (Lipinski definition) is 2. The minimum Gasteiger partial charge on any atom is -0.329 e. The van der Waals surface area contributed by atoms with Crippen molar-refractivity contribution in [2.45, 2.75) is 0 Å². The molecular weight excluding hydrogens is 275 g/mol. The van der Waals surface area contributed by atoms with Gasteiger partial charge in [-0.25, -0.2) is 0 Å². The molecule has 6 heteroatoms. The standard InChI is InChI=1S/C12H8Cl2N2O2/c13-8-1-2-9(14)10(6-8)16-12(18)7-3-4-15-11(17)5-7/h1-6H,(H,15,17)(H,16,18). The van der Waals surface area contributed by atoms with Crippen molar-refractivity contribution in [3.8, 4) is 0 Å². The van der Waals surface area contributed by atoms with Crippen LogP contribution < -0.4 is 10.9 Å². The lowest BCUT2D eigenvalue weighted by atomic mass is 10.2. The van der Waals surface area contributed by atoms with Gasteiger partial charge in [-0.05, 0) is 24.3 Å². The number of nitrogens with one attached hydrogen (secondary N) is 2. The third kappa shape index (κ3) is 2.91. The smallest absolute Gasteiger partial charge is 0.255 e. The van der Waals surface area contributed by atoms with E-state index in [1.165, 1.54) is 24.4 Å². The van der Waals surface area contributed by atoms with Gasteiger partial charge in [-0.1, -0.05) is 23.2 Å². The highest BCUT2D eigenvalue weighted by molar-refractivity contribution is 6.35. The molecule has 0 radical (unpaired) electrons. The average molecular weight is 283 g/mol. The van der Waals surface area contributed by atoms with Crippen molar-refractivity contribution < 1.29 is 4.79 Å². The van der Waals surface area contributed by atoms with E-state index in [1.54, 1.807) is 12.1 Å². The van der Waals surface area contributed by atoms with Crippen LogP contribution in [0.2, 0.25) is 10.0 Å². The van der Waals surface area contributed by atoms with Crippen LogP contribution in [0, 0.1) is 0 Å². The van der Waals surface area contributed by atoms with E-state index in [-0.39, 0.29) is 11.1 Å². The number of rotatable bonds is 2. The van der Waals surface area contributed by atoms with Crippen LogP contribution in [0.25, 0.3) is 0 Å². The zero-order valence-electron chi connectivity index (χ0n) is 9.04. The number of amides is 1. The summed E-state index contributed by atoms with van der Waals surface area (Å²) in [6, 6.07) is 7.43. The Hall–Kier alpha value is -1.78. The highest BCUT2D eigenvalue weighted by Crippen LogP contribution is 2.25. The van der Waals surface area contributed by atoms with Crippen molar-refractivity contribution in [2.75, 3.05) is 5.32 Å². The normalized spacial score (nSPS) is 10.1. The van der Waals surface area contributed by atoms with Crippen LogP contribution in [0.1, 0.15) is 10.4 Å². The molecule has 2 N–H and O–H groups in total. The quantitative estimate of drug-likeness (QED) is 0.890. The number of aromatic amines is 1. The number of H-pyrrole nitrogens is 1. The summed E-state index contributed by atoms with van der Waals surface area (Å²) in [4.78, 5) is 25.4. The monoisotopic (exact) mass is 282 g/mol. The van der Waals surface area contributed by atoms with Gasteiger partial charge in [0.2, 0.25) is 5.56 Å². The number of aromatic nitrogens is 1. The molecule has 0 fully saturated rings. The highest BCUT2D eigenvalue weighted by atomic mass is 35.5. The molecule has 1 aromatic heterocycles. The second-order valence-electron chi connectivity index (χ2n) is 3.52. The molecule has 18 heavy (non-hydrogen) atoms. The van der Waals surface area contributed by atoms with E-state index in [4.69, 9.17) is 23.2 Å². The molecule has 92 valence electrons. The maximum absolute atomic E-state index is 11.9. The van der Waals surface area contributed by atoms with Gasteiger partial charge in [-0.3, -0.25) is 9.59 Å². The third-order valence-electron chi connectivity index (χ3n) is 2.21. The van der Waals surface area contributed by atoms with Gasteiger partial charge in [0.15, 0.2) is 0 Å². The van der Waals surface area contributed by atoms with Crippen LogP contribution in [0.3, 0.4) is 0 Å². The fourth-order valence-electron chi connectivity index (χ4n) is 1.37. The molecule has 2 aromatic rings. The molecule has 0 unspecified atom stereocenters. The molecule has 0 atom stereocenters. The molecule has 4 nitrogen and oxygen atoms in total. The molecular formula is C12H8Cl2N2O2. The summed E-state index contributed by atoms with van der Waals surface area (Å²) in [7, 11) is 0. The maximum atomic E-state index is 11.9. The Kier molecular flexibility index (Phi) is 3.69. The number of halogens is 2. The molecule has 1 amide bonds. The highest BCUT2D eigenvalue weighted by Gasteiger charge is 2.09. The van der Waals surface area contributed by atoms with E-state index in [0.717, 1.165) is 0 Å². The molecule has 1 aromatic carbocycles. The second-order valence-corrected chi connectivity index (χ2v) is 4.36. The number of carbonyl (C=O) groups is 1. The Morgan fingerprint density at radius 3 is 2.67 bits per heavy atom. The van der Waals surface area contributed by atoms with Crippen LogP contribution in [0.5, 0.6) is 0 Å². The average Bonchev–Trinajstić information content (AvgIpc) is 2.34. The zero-order chi connectivity index (χ0) is 13.1. The zero-order valence-corrected chi connectivity index (χ0v) is 10.5. The van der Waals surface area contributed by atoms with Crippen molar-refractivity contribution >= 4 is 34.8 Å². The topological polar surface area (TPSA) is 62.0 Å². The molecule has 2 rings (SSSR count). The van der Waals surface area contributed by atoms with Gasteiger partial charge >= 0.3 is 0 Å². The fourth-order valence-corrected chi connectivity index (χ4v) is 1.71. The summed E-state index contributed by atoms with van der Waals surface area (Å²) in [6.45, 7) is 0. The molecule has 0 saturated heterocycles. The first-order valence-electron chi connectivity index (χ1n) is 5.01. The molecule has 1 heterocycles. The van der Waals surface area contributed by atoms with Crippen LogP contribution in [0.15, 0.2) is 41.3 Å². The minimum atomic E-state index is -0.426. The van der Waals surface area contributed by atoms with E-state index in [1.807, 2.05) is 0 Å². The molecule has 0 bridgehead atoms. The van der Waals surface area contributed by atoms with Crippen molar-refractivity contribution in [1.82, 2.24) is 4.98 Å². The first-order valence-corrected chi connectivity index (χ1v) is 5.77. The van der Waals surface area contributed by atoms with Crippen molar-refractivity contribution in [3.63, 3.8) is 0 Å². The summed E-state index contributed by atoms with van der Waals surface area (Å²) < 4.78 is 0. The lowest BCUT2D eigenvalue weighted by Crippen LogP contribution is -2.15. The van der Waals surface area contributed by atoms with Gasteiger partial charge in [0, 0.05) is 22.8 Å². The second kappa shape index (κ2) is 5.25. The van der Waals surface area contributed by atoms with E-state index < -0.39 is 5.91 Å². The number of benzene rings is 1. The van der Waals surface area contributed by atoms with Gasteiger partial charge < -0.3 is 10.3 Å². The van der Waals surface area contributed by atoms with Crippen LogP contribution in [0.4, 0.5) is 5.69 Å². The van der Waals surface area contributed by atoms with Gasteiger partial charge in [-0.2, -0.15) is 0 Å². The number of carbonyl (C=O) groups excluding carboxylic acids is 1. The maximum Gasteiger partial charge on any atom is 0.255 e. The van der Waals surface area contributed by atoms with Gasteiger partial charge in [0.25, 0.3) is 5.91 Å². The Morgan fingerprint density at radius 1 is 1.17 bits per heavy atom. The molecule has 0 aliphatic heterocycles. The van der Waals surface area contributed by atoms with E-state index in [0.29, 0.717) is 15.7 Å². The first kappa shape index (κ1) is 12.7. The molecule has 0 saturated carbocycles. The molecule has 0 spiro atoms. The summed E-state index contributed by atoms with van der Waals surface area (Å²) in [5.74, 6) is -0.426. The van der Waals surface area contributed by atoms with Gasteiger partial charge in [-0.15, -0.1) is 0 Å². The summed E-state index contributed by atoms with van der Waals surface area (Å²) in [5, 5.41) is 3.42. The number of hydrogen-bond acceptors (Lipinski definition) is 2. The van der Waals surface area contributed by atoms with E-state index in [9.17, 15) is 9.59 Å². The molecule has 0 aliphatic rings. The van der Waals surface area contributed by atoms with Crippen molar-refractivity contribution in [2.24, 2.45) is 0 Å². The van der Waals surface area contributed by atoms with Gasteiger partial charge in [0.1, 0.15) is 0 Å². The van der Waals surface area contributed by atoms with Crippen molar-refractivity contribution in [1.29, 1.82) is 0 Å². The fraction of sp³-hybridized carbons (Fsp3) is 0. The number of pyridine rings is 1. The van der Waals surface area contributed by atoms with E-state index >= 15 is 0 Å². The summed E-state index contributed by atoms with van der Waals surface area (Å²) >= 11 is 11.7. The molecule has 0 aliphatic carbocycles. The predicted octanol–water partition coefficient (Wildman–Crippen LogP) is 2.93. The minimum absolute atomic E-state index is 0.245. The lowest BCUT2D eigenvalue weighted by molar-refractivity contribution is 0.102. The largest absolute Gasteiger partial charge is 0.329 e. The first-order chi connectivity index (χ1) is 8.56. The van der Waals surface area contributed by atoms with E-state index in [2.05, 4.69) is 10.3 Å². The van der Waals surface area contributed by atoms with Crippen LogP contribution >= 0.6 is 23.2 Å². The predicted molar refractivity (Wildman–Crippen MR) is 71.5 cm³/mol. The Morgan fingerprint density at radius 2 is 1.94 bits per heavy atom. The lowest BCUT2D eigenvalue weighted by Gasteiger charge is -2.07. The summed E-state index contributed by atoms with van der Waals surface area (Å²) in [5.41, 5.74) is 0.295. The number of anilines is 1. The third-order valence-corrected chi connectivity index (χ3v) is 2.78. The van der Waals surface area contributed by atoms with Crippen LogP contribution in [-0.2, 0) is 0 Å². The Labute approximate surface area is 113 Å².